The normalized spacial score (nSPS) is 12.5. The van der Waals surface area contributed by atoms with E-state index in [0.29, 0.717) is 6.42 Å². The van der Waals surface area contributed by atoms with Crippen LogP contribution in [0.2, 0.25) is 0 Å². The van der Waals surface area contributed by atoms with E-state index in [0.717, 1.165) is 18.6 Å². The second kappa shape index (κ2) is 6.45. The lowest BCUT2D eigenvalue weighted by atomic mass is 10.0. The molecule has 0 amide bonds. The molecule has 0 saturated heterocycles. The minimum atomic E-state index is -0.690. The van der Waals surface area contributed by atoms with Gasteiger partial charge in [-0.05, 0) is 18.6 Å². The Bertz CT molecular complexity index is 371. The number of methoxy groups -OCH3 is 1. The molecule has 94 valence electrons. The molecule has 0 heterocycles. The summed E-state index contributed by atoms with van der Waals surface area (Å²) in [5, 5.41) is 0. The van der Waals surface area contributed by atoms with Crippen molar-refractivity contribution in [2.24, 2.45) is 0 Å². The lowest BCUT2D eigenvalue weighted by Gasteiger charge is -2.13. The first-order valence-electron chi connectivity index (χ1n) is 5.58. The number of Topliss-reactive ketones (excluding diaryl/α,β-unsaturated/α-hetero) is 1. The molecule has 2 nitrogen and oxygen atoms in total. The topological polar surface area (TPSA) is 26.3 Å². The van der Waals surface area contributed by atoms with E-state index in [1.807, 2.05) is 6.92 Å². The van der Waals surface area contributed by atoms with Crippen molar-refractivity contribution in [3.8, 4) is 0 Å². The summed E-state index contributed by atoms with van der Waals surface area (Å²) in [6, 6.07) is 3.57. The molecule has 0 bridgehead atoms. The van der Waals surface area contributed by atoms with Crippen molar-refractivity contribution in [2.75, 3.05) is 7.11 Å². The Morgan fingerprint density at radius 1 is 1.35 bits per heavy atom. The van der Waals surface area contributed by atoms with E-state index in [4.69, 9.17) is 4.74 Å². The summed E-state index contributed by atoms with van der Waals surface area (Å²) in [5.74, 6) is -1.67. The van der Waals surface area contributed by atoms with Gasteiger partial charge in [-0.1, -0.05) is 19.4 Å². The number of rotatable bonds is 6. The summed E-state index contributed by atoms with van der Waals surface area (Å²) in [5.41, 5.74) is -0.185. The van der Waals surface area contributed by atoms with Crippen LogP contribution in [-0.2, 0) is 16.0 Å². The van der Waals surface area contributed by atoms with Crippen molar-refractivity contribution in [1.29, 1.82) is 0 Å². The second-order valence-electron chi connectivity index (χ2n) is 3.86. The van der Waals surface area contributed by atoms with Gasteiger partial charge in [0.2, 0.25) is 0 Å². The van der Waals surface area contributed by atoms with E-state index in [1.54, 1.807) is 0 Å². The highest BCUT2D eigenvalue weighted by Gasteiger charge is 2.20. The third-order valence-electron chi connectivity index (χ3n) is 2.61. The van der Waals surface area contributed by atoms with E-state index in [1.165, 1.54) is 13.2 Å². The zero-order valence-corrected chi connectivity index (χ0v) is 10.0. The minimum absolute atomic E-state index is 0.185. The highest BCUT2D eigenvalue weighted by atomic mass is 19.1. The molecule has 0 aliphatic rings. The fourth-order valence-electron chi connectivity index (χ4n) is 1.66. The summed E-state index contributed by atoms with van der Waals surface area (Å²) in [6.45, 7) is 1.92. The molecule has 0 aliphatic heterocycles. The van der Waals surface area contributed by atoms with Gasteiger partial charge >= 0.3 is 0 Å². The molecular weight excluding hydrogens is 226 g/mol. The first-order chi connectivity index (χ1) is 8.10. The van der Waals surface area contributed by atoms with E-state index >= 15 is 0 Å². The summed E-state index contributed by atoms with van der Waals surface area (Å²) in [6.07, 6.45) is 0.492. The molecule has 0 spiro atoms. The molecule has 0 aliphatic carbocycles. The first-order valence-corrected chi connectivity index (χ1v) is 5.58. The minimum Gasteiger partial charge on any atom is -0.374 e. The fourth-order valence-corrected chi connectivity index (χ4v) is 1.66. The molecule has 1 aromatic rings. The Kier molecular flexibility index (Phi) is 5.22. The van der Waals surface area contributed by atoms with Gasteiger partial charge < -0.3 is 4.74 Å². The number of benzene rings is 1. The molecule has 0 N–H and O–H groups in total. The number of hydrogen-bond donors (Lipinski definition) is 0. The smallest absolute Gasteiger partial charge is 0.166 e. The quantitative estimate of drug-likeness (QED) is 0.766. The van der Waals surface area contributed by atoms with Gasteiger partial charge in [0.05, 0.1) is 0 Å². The molecule has 1 aromatic carbocycles. The van der Waals surface area contributed by atoms with Gasteiger partial charge in [-0.2, -0.15) is 0 Å². The third-order valence-corrected chi connectivity index (χ3v) is 2.61. The van der Waals surface area contributed by atoms with Gasteiger partial charge in [0.15, 0.2) is 5.78 Å². The molecule has 0 radical (unpaired) electrons. The summed E-state index contributed by atoms with van der Waals surface area (Å²) >= 11 is 0. The SMILES string of the molecule is CCCC(OC)C(=O)Cc1c(F)cccc1F. The molecule has 17 heavy (non-hydrogen) atoms. The lowest BCUT2D eigenvalue weighted by Crippen LogP contribution is -2.25. The number of ketones is 1. The van der Waals surface area contributed by atoms with Crippen LogP contribution in [0.5, 0.6) is 0 Å². The number of halogens is 2. The Morgan fingerprint density at radius 2 is 1.94 bits per heavy atom. The van der Waals surface area contributed by atoms with Crippen molar-refractivity contribution in [1.82, 2.24) is 0 Å². The van der Waals surface area contributed by atoms with Crippen molar-refractivity contribution in [3.63, 3.8) is 0 Å². The van der Waals surface area contributed by atoms with E-state index in [9.17, 15) is 13.6 Å². The average molecular weight is 242 g/mol. The van der Waals surface area contributed by atoms with Gasteiger partial charge in [0.25, 0.3) is 0 Å². The van der Waals surface area contributed by atoms with Crippen LogP contribution in [0.1, 0.15) is 25.3 Å². The third kappa shape index (κ3) is 3.60. The highest BCUT2D eigenvalue weighted by molar-refractivity contribution is 5.85. The van der Waals surface area contributed by atoms with Gasteiger partial charge in [-0.25, -0.2) is 8.78 Å². The molecular formula is C13H16F2O2. The maximum absolute atomic E-state index is 13.3. The van der Waals surface area contributed by atoms with E-state index in [2.05, 4.69) is 0 Å². The van der Waals surface area contributed by atoms with Crippen molar-refractivity contribution < 1.29 is 18.3 Å². The lowest BCUT2D eigenvalue weighted by molar-refractivity contribution is -0.128. The second-order valence-corrected chi connectivity index (χ2v) is 3.86. The molecule has 1 rings (SSSR count). The Morgan fingerprint density at radius 3 is 2.41 bits per heavy atom. The molecule has 1 atom stereocenters. The maximum atomic E-state index is 13.3. The van der Waals surface area contributed by atoms with Crippen molar-refractivity contribution >= 4 is 5.78 Å². The monoisotopic (exact) mass is 242 g/mol. The van der Waals surface area contributed by atoms with Crippen LogP contribution >= 0.6 is 0 Å². The predicted octanol–water partition coefficient (Wildman–Crippen LogP) is 2.89. The summed E-state index contributed by atoms with van der Waals surface area (Å²) in [7, 11) is 1.43. The van der Waals surface area contributed by atoms with Crippen LogP contribution in [0, 0.1) is 11.6 Å². The zero-order chi connectivity index (χ0) is 12.8. The molecule has 0 aromatic heterocycles. The summed E-state index contributed by atoms with van der Waals surface area (Å²) < 4.78 is 31.7. The number of ether oxygens (including phenoxy) is 1. The Balaban J connectivity index is 2.80. The van der Waals surface area contributed by atoms with Gasteiger partial charge in [0, 0.05) is 19.1 Å². The van der Waals surface area contributed by atoms with Gasteiger partial charge in [0.1, 0.15) is 17.7 Å². The number of hydrogen-bond acceptors (Lipinski definition) is 2. The summed E-state index contributed by atoms with van der Waals surface area (Å²) in [4.78, 5) is 11.8. The Hall–Kier alpha value is -1.29. The zero-order valence-electron chi connectivity index (χ0n) is 10.0. The van der Waals surface area contributed by atoms with Gasteiger partial charge in [-0.15, -0.1) is 0 Å². The average Bonchev–Trinajstić information content (AvgIpc) is 2.30. The standard InChI is InChI=1S/C13H16F2O2/c1-3-5-13(17-2)12(16)8-9-10(14)6-4-7-11(9)15/h4,6-7,13H,3,5,8H2,1-2H3. The van der Waals surface area contributed by atoms with E-state index in [-0.39, 0.29) is 17.8 Å². The van der Waals surface area contributed by atoms with Crippen LogP contribution in [0.3, 0.4) is 0 Å². The first kappa shape index (κ1) is 13.8. The molecule has 0 fully saturated rings. The maximum Gasteiger partial charge on any atom is 0.166 e. The van der Waals surface area contributed by atoms with Crippen LogP contribution in [0.4, 0.5) is 8.78 Å². The van der Waals surface area contributed by atoms with Crippen LogP contribution in [-0.4, -0.2) is 19.0 Å². The molecule has 0 saturated carbocycles. The number of carbonyl (C=O) groups excluding carboxylic acids is 1. The fraction of sp³-hybridized carbons (Fsp3) is 0.462. The van der Waals surface area contributed by atoms with Crippen LogP contribution in [0.15, 0.2) is 18.2 Å². The van der Waals surface area contributed by atoms with Gasteiger partial charge in [-0.3, -0.25) is 4.79 Å². The highest BCUT2D eigenvalue weighted by Crippen LogP contribution is 2.15. The number of carbonyl (C=O) groups is 1. The largest absolute Gasteiger partial charge is 0.374 e. The molecule has 4 heteroatoms. The van der Waals surface area contributed by atoms with E-state index < -0.39 is 17.7 Å². The Labute approximate surface area is 99.6 Å². The van der Waals surface area contributed by atoms with Crippen LogP contribution < -0.4 is 0 Å². The molecule has 1 unspecified atom stereocenters. The predicted molar refractivity (Wildman–Crippen MR) is 60.8 cm³/mol. The van der Waals surface area contributed by atoms with Crippen LogP contribution in [0.25, 0.3) is 0 Å². The van der Waals surface area contributed by atoms with Crippen molar-refractivity contribution in [3.05, 3.63) is 35.4 Å². The van der Waals surface area contributed by atoms with Crippen molar-refractivity contribution in [2.45, 2.75) is 32.3 Å².